The van der Waals surface area contributed by atoms with E-state index in [1.54, 1.807) is 13.0 Å². The number of fused-ring (bicyclic) bond motifs is 1. The predicted molar refractivity (Wildman–Crippen MR) is 107 cm³/mol. The fraction of sp³-hybridized carbons (Fsp3) is 0.304. The zero-order valence-corrected chi connectivity index (χ0v) is 16.1. The highest BCUT2D eigenvalue weighted by atomic mass is 16.5. The minimum absolute atomic E-state index is 0.119. The second-order valence-corrected chi connectivity index (χ2v) is 7.19. The van der Waals surface area contributed by atoms with Crippen LogP contribution in [0.3, 0.4) is 0 Å². The molecule has 0 bridgehead atoms. The van der Waals surface area contributed by atoms with Gasteiger partial charge < -0.3 is 14.1 Å². The molecule has 1 aliphatic heterocycles. The molecule has 0 aliphatic carbocycles. The van der Waals surface area contributed by atoms with Crippen LogP contribution in [0.5, 0.6) is 0 Å². The van der Waals surface area contributed by atoms with Crippen molar-refractivity contribution in [2.24, 2.45) is 0 Å². The molecular weight excluding hydrogens is 354 g/mol. The summed E-state index contributed by atoms with van der Waals surface area (Å²) in [6.07, 6.45) is 1.73. The number of rotatable bonds is 3. The number of hydrogen-bond donors (Lipinski definition) is 0. The number of nitrogens with zero attached hydrogens (tertiary/aromatic N) is 1. The molecule has 0 unspecified atom stereocenters. The Bertz CT molecular complexity index is 1010. The van der Waals surface area contributed by atoms with Gasteiger partial charge in [0.25, 0.3) is 0 Å². The Labute approximate surface area is 163 Å². The molecule has 1 fully saturated rings. The van der Waals surface area contributed by atoms with E-state index >= 15 is 0 Å². The fourth-order valence-corrected chi connectivity index (χ4v) is 4.01. The molecule has 0 atom stereocenters. The second-order valence-electron chi connectivity index (χ2n) is 7.19. The Balaban J connectivity index is 1.82. The van der Waals surface area contributed by atoms with Crippen molar-refractivity contribution in [2.45, 2.75) is 25.7 Å². The lowest BCUT2D eigenvalue weighted by Crippen LogP contribution is -2.36. The topological polar surface area (TPSA) is 59.8 Å². The van der Waals surface area contributed by atoms with Crippen LogP contribution in [0.2, 0.25) is 0 Å². The number of carbonyl (C=O) groups excluding carboxylic acids is 2. The van der Waals surface area contributed by atoms with Gasteiger partial charge in [-0.05, 0) is 36.6 Å². The molecule has 1 aromatic heterocycles. The van der Waals surface area contributed by atoms with Crippen LogP contribution in [0, 0.1) is 0 Å². The third kappa shape index (κ3) is 3.28. The first-order valence-corrected chi connectivity index (χ1v) is 9.54. The molecule has 5 nitrogen and oxygen atoms in total. The van der Waals surface area contributed by atoms with Crippen LogP contribution < -0.4 is 0 Å². The molecule has 2 aromatic carbocycles. The minimum Gasteiger partial charge on any atom is -0.465 e. The molecule has 2 heterocycles. The van der Waals surface area contributed by atoms with Gasteiger partial charge >= 0.3 is 5.97 Å². The van der Waals surface area contributed by atoms with Gasteiger partial charge in [0, 0.05) is 36.9 Å². The van der Waals surface area contributed by atoms with Crippen LogP contribution >= 0.6 is 0 Å². The minimum atomic E-state index is -0.363. The zero-order valence-electron chi connectivity index (χ0n) is 16.1. The van der Waals surface area contributed by atoms with E-state index < -0.39 is 0 Å². The third-order valence-electron chi connectivity index (χ3n) is 5.51. The van der Waals surface area contributed by atoms with E-state index in [1.807, 2.05) is 35.2 Å². The van der Waals surface area contributed by atoms with Crippen molar-refractivity contribution in [3.8, 4) is 11.1 Å². The molecule has 144 valence electrons. The van der Waals surface area contributed by atoms with Crippen molar-refractivity contribution >= 4 is 22.8 Å². The van der Waals surface area contributed by atoms with Crippen LogP contribution in [0.15, 0.2) is 52.9 Å². The molecular formula is C23H23NO4. The first-order valence-electron chi connectivity index (χ1n) is 9.54. The van der Waals surface area contributed by atoms with Gasteiger partial charge in [0.15, 0.2) is 0 Å². The lowest BCUT2D eigenvalue weighted by Gasteiger charge is -2.30. The number of esters is 1. The van der Waals surface area contributed by atoms with Crippen molar-refractivity contribution in [3.05, 3.63) is 59.9 Å². The predicted octanol–water partition coefficient (Wildman–Crippen LogP) is 4.61. The molecule has 28 heavy (non-hydrogen) atoms. The summed E-state index contributed by atoms with van der Waals surface area (Å²) in [4.78, 5) is 25.6. The van der Waals surface area contributed by atoms with Crippen LogP contribution in [0.25, 0.3) is 22.1 Å². The fourth-order valence-electron chi connectivity index (χ4n) is 4.01. The first kappa shape index (κ1) is 18.3. The highest BCUT2D eigenvalue weighted by molar-refractivity contribution is 6.01. The van der Waals surface area contributed by atoms with E-state index in [-0.39, 0.29) is 17.8 Å². The SMILES string of the molecule is COC(=O)c1ccc2oc(C3CCN(C(C)=O)CC3)c(-c3ccccc3)c2c1. The highest BCUT2D eigenvalue weighted by Gasteiger charge is 2.28. The summed E-state index contributed by atoms with van der Waals surface area (Å²) in [5, 5.41) is 0.915. The number of carbonyl (C=O) groups is 2. The van der Waals surface area contributed by atoms with Crippen LogP contribution in [0.4, 0.5) is 0 Å². The van der Waals surface area contributed by atoms with Crippen molar-refractivity contribution in [1.82, 2.24) is 4.90 Å². The molecule has 5 heteroatoms. The van der Waals surface area contributed by atoms with E-state index in [9.17, 15) is 9.59 Å². The third-order valence-corrected chi connectivity index (χ3v) is 5.51. The second kappa shape index (κ2) is 7.50. The van der Waals surface area contributed by atoms with Gasteiger partial charge in [-0.3, -0.25) is 4.79 Å². The van der Waals surface area contributed by atoms with Crippen molar-refractivity contribution in [2.75, 3.05) is 20.2 Å². The monoisotopic (exact) mass is 377 g/mol. The highest BCUT2D eigenvalue weighted by Crippen LogP contribution is 2.42. The van der Waals surface area contributed by atoms with E-state index in [0.717, 1.165) is 53.8 Å². The van der Waals surface area contributed by atoms with Crippen molar-refractivity contribution in [1.29, 1.82) is 0 Å². The van der Waals surface area contributed by atoms with Gasteiger partial charge in [-0.15, -0.1) is 0 Å². The number of likely N-dealkylation sites (tertiary alicyclic amines) is 1. The lowest BCUT2D eigenvalue weighted by atomic mass is 9.89. The number of ether oxygens (including phenoxy) is 1. The Morgan fingerprint density at radius 2 is 1.79 bits per heavy atom. The maximum Gasteiger partial charge on any atom is 0.337 e. The van der Waals surface area contributed by atoms with Gasteiger partial charge in [-0.2, -0.15) is 0 Å². The Morgan fingerprint density at radius 3 is 2.43 bits per heavy atom. The molecule has 0 N–H and O–H groups in total. The van der Waals surface area contributed by atoms with Crippen molar-refractivity contribution in [3.63, 3.8) is 0 Å². The van der Waals surface area contributed by atoms with Crippen LogP contribution in [-0.2, 0) is 9.53 Å². The quantitative estimate of drug-likeness (QED) is 0.625. The summed E-state index contributed by atoms with van der Waals surface area (Å²) in [7, 11) is 1.38. The summed E-state index contributed by atoms with van der Waals surface area (Å²) in [6, 6.07) is 15.5. The number of hydrogen-bond acceptors (Lipinski definition) is 4. The number of benzene rings is 2. The molecule has 3 aromatic rings. The molecule has 1 saturated heterocycles. The molecule has 0 saturated carbocycles. The summed E-state index contributed by atoms with van der Waals surface area (Å²) < 4.78 is 11.2. The maximum atomic E-state index is 12.0. The Hall–Kier alpha value is -3.08. The normalized spacial score (nSPS) is 15.0. The van der Waals surface area contributed by atoms with Gasteiger partial charge in [0.2, 0.25) is 5.91 Å². The molecule has 0 spiro atoms. The van der Waals surface area contributed by atoms with E-state index in [4.69, 9.17) is 9.15 Å². The standard InChI is InChI=1S/C23H23NO4/c1-15(25)24-12-10-17(11-13-24)22-21(16-6-4-3-5-7-16)19-14-18(23(26)27-2)8-9-20(19)28-22/h3-9,14,17H,10-13H2,1-2H3. The average molecular weight is 377 g/mol. The molecule has 4 rings (SSSR count). The van der Waals surface area contributed by atoms with Crippen LogP contribution in [0.1, 0.15) is 41.8 Å². The first-order chi connectivity index (χ1) is 13.6. The summed E-state index contributed by atoms with van der Waals surface area (Å²) in [5.74, 6) is 0.929. The molecule has 0 radical (unpaired) electrons. The molecule has 1 aliphatic rings. The number of furan rings is 1. The summed E-state index contributed by atoms with van der Waals surface area (Å²) in [5.41, 5.74) is 3.36. The smallest absolute Gasteiger partial charge is 0.337 e. The summed E-state index contributed by atoms with van der Waals surface area (Å²) in [6.45, 7) is 3.09. The maximum absolute atomic E-state index is 12.0. The Kier molecular flexibility index (Phi) is 4.90. The number of piperidine rings is 1. The van der Waals surface area contributed by atoms with Gasteiger partial charge in [-0.1, -0.05) is 30.3 Å². The molecule has 1 amide bonds. The van der Waals surface area contributed by atoms with Gasteiger partial charge in [0.05, 0.1) is 12.7 Å². The van der Waals surface area contributed by atoms with E-state index in [0.29, 0.717) is 5.56 Å². The zero-order chi connectivity index (χ0) is 19.7. The lowest BCUT2D eigenvalue weighted by molar-refractivity contribution is -0.129. The average Bonchev–Trinajstić information content (AvgIpc) is 3.12. The largest absolute Gasteiger partial charge is 0.465 e. The number of methoxy groups -OCH3 is 1. The van der Waals surface area contributed by atoms with Gasteiger partial charge in [0.1, 0.15) is 11.3 Å². The summed E-state index contributed by atoms with van der Waals surface area (Å²) >= 11 is 0. The Morgan fingerprint density at radius 1 is 1.07 bits per heavy atom. The van der Waals surface area contributed by atoms with E-state index in [1.165, 1.54) is 7.11 Å². The number of amides is 1. The van der Waals surface area contributed by atoms with Crippen LogP contribution in [-0.4, -0.2) is 37.0 Å². The van der Waals surface area contributed by atoms with E-state index in [2.05, 4.69) is 12.1 Å². The van der Waals surface area contributed by atoms with Gasteiger partial charge in [-0.25, -0.2) is 4.79 Å². The van der Waals surface area contributed by atoms with Crippen molar-refractivity contribution < 1.29 is 18.7 Å².